The molecule has 4 rings (SSSR count). The number of hydrogen-bond acceptors (Lipinski definition) is 6. The van der Waals surface area contributed by atoms with Gasteiger partial charge in [-0.05, 0) is 48.0 Å². The van der Waals surface area contributed by atoms with E-state index >= 15 is 0 Å². The number of anilines is 1. The number of carbonyl (C=O) groups excluding carboxylic acids is 2. The van der Waals surface area contributed by atoms with Gasteiger partial charge in [0.2, 0.25) is 0 Å². The first kappa shape index (κ1) is 22.8. The minimum atomic E-state index is -1.30. The Balaban J connectivity index is 1.97. The molecule has 174 valence electrons. The lowest BCUT2D eigenvalue weighted by molar-refractivity contribution is -0.132. The number of halogens is 2. The Kier molecular flexibility index (Phi) is 5.93. The number of amides is 1. The van der Waals surface area contributed by atoms with Crippen molar-refractivity contribution in [2.45, 2.75) is 6.04 Å². The van der Waals surface area contributed by atoms with Gasteiger partial charge in [0.15, 0.2) is 11.5 Å². The highest BCUT2D eigenvalue weighted by molar-refractivity contribution is 6.51. The molecule has 1 fully saturated rings. The highest BCUT2D eigenvalue weighted by Gasteiger charge is 2.47. The molecule has 1 saturated heterocycles. The lowest BCUT2D eigenvalue weighted by Gasteiger charge is -2.26. The molecular formula is C25H19F2NO6. The predicted molar refractivity (Wildman–Crippen MR) is 119 cm³/mol. The monoisotopic (exact) mass is 467 g/mol. The number of phenols is 1. The summed E-state index contributed by atoms with van der Waals surface area (Å²) in [5, 5.41) is 20.8. The average Bonchev–Trinajstić information content (AvgIpc) is 3.10. The molecule has 0 bridgehead atoms. The van der Waals surface area contributed by atoms with Gasteiger partial charge in [0, 0.05) is 11.6 Å². The SMILES string of the molecule is COc1ccc(/C(O)=C2\C(=O)C(=O)N(c3cc(F)ccc3F)C2c2ccc(O)cc2)cc1OC. The number of aliphatic hydroxyl groups excluding tert-OH is 1. The molecule has 1 atom stereocenters. The highest BCUT2D eigenvalue weighted by atomic mass is 19.1. The number of methoxy groups -OCH3 is 2. The summed E-state index contributed by atoms with van der Waals surface area (Å²) < 4.78 is 39.1. The zero-order chi connectivity index (χ0) is 24.6. The van der Waals surface area contributed by atoms with Crippen LogP contribution < -0.4 is 14.4 Å². The maximum Gasteiger partial charge on any atom is 0.300 e. The molecule has 1 aliphatic rings. The number of carbonyl (C=O) groups is 2. The number of aromatic hydroxyl groups is 1. The second-order valence-electron chi connectivity index (χ2n) is 7.43. The van der Waals surface area contributed by atoms with Crippen molar-refractivity contribution in [3.8, 4) is 17.2 Å². The molecule has 0 spiro atoms. The minimum absolute atomic E-state index is 0.0856. The van der Waals surface area contributed by atoms with Crippen molar-refractivity contribution >= 4 is 23.1 Å². The van der Waals surface area contributed by atoms with Crippen molar-refractivity contribution in [1.29, 1.82) is 0 Å². The molecule has 0 aromatic heterocycles. The van der Waals surface area contributed by atoms with E-state index in [9.17, 15) is 28.6 Å². The third-order valence-corrected chi connectivity index (χ3v) is 5.48. The van der Waals surface area contributed by atoms with Gasteiger partial charge in [-0.25, -0.2) is 8.78 Å². The number of ketones is 1. The lowest BCUT2D eigenvalue weighted by atomic mass is 9.95. The van der Waals surface area contributed by atoms with Gasteiger partial charge in [0.25, 0.3) is 11.7 Å². The van der Waals surface area contributed by atoms with Crippen LogP contribution in [0.4, 0.5) is 14.5 Å². The van der Waals surface area contributed by atoms with E-state index in [2.05, 4.69) is 0 Å². The van der Waals surface area contributed by atoms with Crippen LogP contribution in [-0.2, 0) is 9.59 Å². The fourth-order valence-electron chi connectivity index (χ4n) is 3.86. The van der Waals surface area contributed by atoms with E-state index in [1.54, 1.807) is 0 Å². The molecule has 1 amide bonds. The third-order valence-electron chi connectivity index (χ3n) is 5.48. The summed E-state index contributed by atoms with van der Waals surface area (Å²) in [5.74, 6) is -3.98. The first-order chi connectivity index (χ1) is 16.3. The summed E-state index contributed by atoms with van der Waals surface area (Å²) in [5.41, 5.74) is -0.389. The number of phenolic OH excluding ortho intramolecular Hbond substituents is 1. The molecule has 2 N–H and O–H groups in total. The van der Waals surface area contributed by atoms with Crippen molar-refractivity contribution in [2.24, 2.45) is 0 Å². The third kappa shape index (κ3) is 3.81. The van der Waals surface area contributed by atoms with E-state index in [0.29, 0.717) is 5.75 Å². The zero-order valence-corrected chi connectivity index (χ0v) is 18.1. The molecule has 9 heteroatoms. The van der Waals surface area contributed by atoms with Gasteiger partial charge in [-0.15, -0.1) is 0 Å². The summed E-state index contributed by atoms with van der Waals surface area (Å²) >= 11 is 0. The van der Waals surface area contributed by atoms with Gasteiger partial charge < -0.3 is 19.7 Å². The normalized spacial score (nSPS) is 17.2. The molecule has 34 heavy (non-hydrogen) atoms. The number of hydrogen-bond donors (Lipinski definition) is 2. The summed E-state index contributed by atoms with van der Waals surface area (Å²) in [6.07, 6.45) is 0. The van der Waals surface area contributed by atoms with Gasteiger partial charge in [0.1, 0.15) is 23.1 Å². The number of benzene rings is 3. The Morgan fingerprint density at radius 3 is 2.24 bits per heavy atom. The first-order valence-electron chi connectivity index (χ1n) is 10.0. The van der Waals surface area contributed by atoms with Gasteiger partial charge in [-0.3, -0.25) is 14.5 Å². The number of nitrogens with zero attached hydrogens (tertiary/aromatic N) is 1. The molecule has 0 aliphatic carbocycles. The summed E-state index contributed by atoms with van der Waals surface area (Å²) in [6.45, 7) is 0. The van der Waals surface area contributed by atoms with Crippen molar-refractivity contribution in [3.05, 3.63) is 89.0 Å². The van der Waals surface area contributed by atoms with E-state index in [1.807, 2.05) is 0 Å². The molecule has 1 unspecified atom stereocenters. The van der Waals surface area contributed by atoms with Crippen LogP contribution in [0.15, 0.2) is 66.2 Å². The second kappa shape index (κ2) is 8.86. The molecule has 1 aliphatic heterocycles. The molecule has 7 nitrogen and oxygen atoms in total. The van der Waals surface area contributed by atoms with Gasteiger partial charge >= 0.3 is 0 Å². The Morgan fingerprint density at radius 2 is 1.59 bits per heavy atom. The Hall–Kier alpha value is -4.40. The van der Waals surface area contributed by atoms with Gasteiger partial charge in [-0.1, -0.05) is 12.1 Å². The first-order valence-corrected chi connectivity index (χ1v) is 10.0. The van der Waals surface area contributed by atoms with Crippen molar-refractivity contribution in [1.82, 2.24) is 0 Å². The van der Waals surface area contributed by atoms with E-state index in [-0.39, 0.29) is 28.2 Å². The molecular weight excluding hydrogens is 448 g/mol. The van der Waals surface area contributed by atoms with Crippen LogP contribution in [0.5, 0.6) is 17.2 Å². The van der Waals surface area contributed by atoms with Crippen LogP contribution in [-0.4, -0.2) is 36.1 Å². The largest absolute Gasteiger partial charge is 0.508 e. The summed E-state index contributed by atoms with van der Waals surface area (Å²) in [6, 6.07) is 11.1. The standard InChI is InChI=1S/C25H19F2NO6/c1-33-19-10-5-14(11-20(19)34-2)23(30)21-22(13-3-7-16(29)8-4-13)28(25(32)24(21)31)18-12-15(26)6-9-17(18)27/h3-12,22,29-30H,1-2H3/b23-21+. The number of Topliss-reactive ketones (excluding diaryl/α,β-unsaturated/α-hetero) is 1. The zero-order valence-electron chi connectivity index (χ0n) is 18.1. The van der Waals surface area contributed by atoms with Crippen LogP contribution in [0, 0.1) is 11.6 Å². The van der Waals surface area contributed by atoms with Crippen LogP contribution >= 0.6 is 0 Å². The minimum Gasteiger partial charge on any atom is -0.508 e. The predicted octanol–water partition coefficient (Wildman–Crippen LogP) is 4.31. The Labute approximate surface area is 193 Å². The Morgan fingerprint density at radius 1 is 0.912 bits per heavy atom. The van der Waals surface area contributed by atoms with Crippen LogP contribution in [0.1, 0.15) is 17.2 Å². The lowest BCUT2D eigenvalue weighted by Crippen LogP contribution is -2.30. The van der Waals surface area contributed by atoms with Gasteiger partial charge in [0.05, 0.1) is 31.5 Å². The smallest absolute Gasteiger partial charge is 0.300 e. The topological polar surface area (TPSA) is 96.3 Å². The second-order valence-corrected chi connectivity index (χ2v) is 7.43. The van der Waals surface area contributed by atoms with Crippen LogP contribution in [0.2, 0.25) is 0 Å². The number of ether oxygens (including phenoxy) is 2. The van der Waals surface area contributed by atoms with Crippen LogP contribution in [0.25, 0.3) is 5.76 Å². The van der Waals surface area contributed by atoms with Crippen LogP contribution in [0.3, 0.4) is 0 Å². The average molecular weight is 467 g/mol. The van der Waals surface area contributed by atoms with Crippen molar-refractivity contribution in [2.75, 3.05) is 19.1 Å². The number of rotatable bonds is 5. The molecule has 0 radical (unpaired) electrons. The molecule has 3 aromatic rings. The molecule has 0 saturated carbocycles. The van der Waals surface area contributed by atoms with Gasteiger partial charge in [-0.2, -0.15) is 0 Å². The maximum atomic E-state index is 14.7. The molecule has 1 heterocycles. The highest BCUT2D eigenvalue weighted by Crippen LogP contribution is 2.44. The fraction of sp³-hybridized carbons (Fsp3) is 0.120. The fourth-order valence-corrected chi connectivity index (χ4v) is 3.86. The molecule has 3 aromatic carbocycles. The Bertz CT molecular complexity index is 1320. The van der Waals surface area contributed by atoms with Crippen molar-refractivity contribution < 1.29 is 38.1 Å². The number of aliphatic hydroxyl groups is 1. The quantitative estimate of drug-likeness (QED) is 0.330. The summed E-state index contributed by atoms with van der Waals surface area (Å²) in [7, 11) is 2.82. The van der Waals surface area contributed by atoms with E-state index in [4.69, 9.17) is 9.47 Å². The van der Waals surface area contributed by atoms with E-state index < -0.39 is 40.8 Å². The van der Waals surface area contributed by atoms with E-state index in [1.165, 1.54) is 56.7 Å². The summed E-state index contributed by atoms with van der Waals surface area (Å²) in [4.78, 5) is 26.9. The van der Waals surface area contributed by atoms with Crippen molar-refractivity contribution in [3.63, 3.8) is 0 Å². The maximum absolute atomic E-state index is 14.7. The van der Waals surface area contributed by atoms with E-state index in [0.717, 1.165) is 23.1 Å².